The Bertz CT molecular complexity index is 634. The molecule has 3 rings (SSSR count). The van der Waals surface area contributed by atoms with Gasteiger partial charge in [-0.15, -0.1) is 0 Å². The van der Waals surface area contributed by atoms with Gasteiger partial charge < -0.3 is 14.6 Å². The van der Waals surface area contributed by atoms with Gasteiger partial charge in [0.1, 0.15) is 17.4 Å². The van der Waals surface area contributed by atoms with E-state index in [0.717, 1.165) is 36.8 Å². The molecule has 7 heteroatoms. The lowest BCUT2D eigenvalue weighted by Crippen LogP contribution is -2.43. The van der Waals surface area contributed by atoms with Crippen molar-refractivity contribution in [1.82, 2.24) is 25.0 Å². The molecule has 1 aliphatic rings. The van der Waals surface area contributed by atoms with Crippen molar-refractivity contribution in [3.8, 4) is 0 Å². The smallest absolute Gasteiger partial charge is 0.236 e. The highest BCUT2D eigenvalue weighted by Crippen LogP contribution is 2.12. The lowest BCUT2D eigenvalue weighted by atomic mass is 10.1. The van der Waals surface area contributed by atoms with E-state index in [1.807, 2.05) is 23.7 Å². The maximum absolute atomic E-state index is 12.1. The fourth-order valence-corrected chi connectivity index (χ4v) is 2.69. The maximum atomic E-state index is 12.1. The Kier molecular flexibility index (Phi) is 4.24. The van der Waals surface area contributed by atoms with Crippen LogP contribution in [-0.2, 0) is 24.3 Å². The predicted molar refractivity (Wildman–Crippen MR) is 80.1 cm³/mol. The Morgan fingerprint density at radius 3 is 3.23 bits per heavy atom. The Labute approximate surface area is 129 Å². The molecule has 7 nitrogen and oxygen atoms in total. The van der Waals surface area contributed by atoms with Crippen LogP contribution in [0.5, 0.6) is 0 Å². The van der Waals surface area contributed by atoms with Crippen molar-refractivity contribution in [3.05, 3.63) is 35.8 Å². The maximum Gasteiger partial charge on any atom is 0.236 e. The van der Waals surface area contributed by atoms with Crippen molar-refractivity contribution in [2.75, 3.05) is 13.6 Å². The lowest BCUT2D eigenvalue weighted by molar-refractivity contribution is -0.129. The number of rotatable bonds is 5. The van der Waals surface area contributed by atoms with Crippen LogP contribution in [0.25, 0.3) is 0 Å². The molecule has 22 heavy (non-hydrogen) atoms. The molecular formula is C15H21N5O2. The average molecular weight is 303 g/mol. The molecular weight excluding hydrogens is 282 g/mol. The highest BCUT2D eigenvalue weighted by Gasteiger charge is 2.21. The third kappa shape index (κ3) is 3.36. The zero-order valence-corrected chi connectivity index (χ0v) is 13.0. The summed E-state index contributed by atoms with van der Waals surface area (Å²) in [7, 11) is 1.78. The van der Waals surface area contributed by atoms with Crippen molar-refractivity contribution in [2.45, 2.75) is 38.9 Å². The number of nitrogens with zero attached hydrogens (tertiary/aromatic N) is 4. The van der Waals surface area contributed by atoms with Crippen LogP contribution in [-0.4, -0.2) is 45.2 Å². The summed E-state index contributed by atoms with van der Waals surface area (Å²) in [6, 6.07) is 3.95. The summed E-state index contributed by atoms with van der Waals surface area (Å²) in [6.07, 6.45) is 3.49. The number of amides is 1. The summed E-state index contributed by atoms with van der Waals surface area (Å²) in [6.45, 7) is 3.49. The molecule has 1 N–H and O–H groups in total. The Hall–Kier alpha value is -2.15. The number of aryl methyl sites for hydroxylation is 2. The van der Waals surface area contributed by atoms with E-state index in [1.165, 1.54) is 0 Å². The second kappa shape index (κ2) is 6.31. The zero-order valence-electron chi connectivity index (χ0n) is 13.0. The Morgan fingerprint density at radius 1 is 1.59 bits per heavy atom. The van der Waals surface area contributed by atoms with Crippen molar-refractivity contribution in [2.24, 2.45) is 0 Å². The highest BCUT2D eigenvalue weighted by molar-refractivity contribution is 5.77. The second-order valence-electron chi connectivity index (χ2n) is 5.70. The van der Waals surface area contributed by atoms with Crippen LogP contribution in [0.2, 0.25) is 0 Å². The molecule has 1 atom stereocenters. The topological polar surface area (TPSA) is 76.2 Å². The molecule has 1 aliphatic heterocycles. The normalized spacial score (nSPS) is 17.3. The molecule has 2 aromatic heterocycles. The van der Waals surface area contributed by atoms with E-state index in [2.05, 4.69) is 15.4 Å². The van der Waals surface area contributed by atoms with E-state index in [0.29, 0.717) is 13.1 Å². The molecule has 1 amide bonds. The monoisotopic (exact) mass is 303 g/mol. The number of hydrogen-bond donors (Lipinski definition) is 1. The molecule has 0 radical (unpaired) electrons. The summed E-state index contributed by atoms with van der Waals surface area (Å²) in [5, 5.41) is 7.69. The number of nitrogens with one attached hydrogen (secondary N) is 1. The number of carbonyl (C=O) groups is 1. The minimum Gasteiger partial charge on any atom is -0.467 e. The van der Waals surface area contributed by atoms with Crippen LogP contribution in [0.15, 0.2) is 22.8 Å². The fourth-order valence-electron chi connectivity index (χ4n) is 2.69. The van der Waals surface area contributed by atoms with E-state index in [1.54, 1.807) is 18.2 Å². The number of fused-ring (bicyclic) bond motifs is 1. The first-order valence-corrected chi connectivity index (χ1v) is 7.52. The molecule has 118 valence electrons. The van der Waals surface area contributed by atoms with Gasteiger partial charge in [0.25, 0.3) is 0 Å². The first-order valence-electron chi connectivity index (χ1n) is 7.52. The third-order valence-corrected chi connectivity index (χ3v) is 3.90. The number of carbonyl (C=O) groups excluding carboxylic acids is 1. The van der Waals surface area contributed by atoms with Gasteiger partial charge in [0.05, 0.1) is 25.9 Å². The summed E-state index contributed by atoms with van der Waals surface area (Å²) in [4.78, 5) is 18.2. The van der Waals surface area contributed by atoms with Crippen molar-refractivity contribution in [3.63, 3.8) is 0 Å². The summed E-state index contributed by atoms with van der Waals surface area (Å²) in [5.74, 6) is 2.69. The quantitative estimate of drug-likeness (QED) is 0.882. The van der Waals surface area contributed by atoms with Crippen LogP contribution >= 0.6 is 0 Å². The summed E-state index contributed by atoms with van der Waals surface area (Å²) >= 11 is 0. The van der Waals surface area contributed by atoms with Gasteiger partial charge in [-0.05, 0) is 25.5 Å². The number of hydrogen-bond acceptors (Lipinski definition) is 5. The second-order valence-corrected chi connectivity index (χ2v) is 5.70. The number of aromatic nitrogens is 3. The fraction of sp³-hybridized carbons (Fsp3) is 0.533. The minimum atomic E-state index is 0.0527. The minimum absolute atomic E-state index is 0.0527. The van der Waals surface area contributed by atoms with E-state index >= 15 is 0 Å². The lowest BCUT2D eigenvalue weighted by Gasteiger charge is -2.24. The van der Waals surface area contributed by atoms with Crippen LogP contribution in [0, 0.1) is 6.92 Å². The van der Waals surface area contributed by atoms with Crippen molar-refractivity contribution >= 4 is 5.91 Å². The van der Waals surface area contributed by atoms with Gasteiger partial charge in [-0.2, -0.15) is 5.10 Å². The Balaban J connectivity index is 1.47. The van der Waals surface area contributed by atoms with Crippen LogP contribution in [0.4, 0.5) is 0 Å². The standard InChI is InChI=1S/C15H21N5O2/c1-11-17-14-6-5-12(9-20(14)18-11)16-8-15(21)19(2)10-13-4-3-7-22-13/h3-4,7,12,16H,5-6,8-10H2,1-2H3/t12-/m1/s1. The van der Waals surface area contributed by atoms with Crippen LogP contribution in [0.1, 0.15) is 23.8 Å². The molecule has 0 spiro atoms. The molecule has 0 saturated heterocycles. The highest BCUT2D eigenvalue weighted by atomic mass is 16.3. The van der Waals surface area contributed by atoms with Gasteiger partial charge in [-0.1, -0.05) is 0 Å². The van der Waals surface area contributed by atoms with Crippen molar-refractivity contribution < 1.29 is 9.21 Å². The molecule has 3 heterocycles. The van der Waals surface area contributed by atoms with E-state index in [-0.39, 0.29) is 11.9 Å². The van der Waals surface area contributed by atoms with E-state index < -0.39 is 0 Å². The van der Waals surface area contributed by atoms with Gasteiger partial charge in [0, 0.05) is 19.5 Å². The Morgan fingerprint density at radius 2 is 2.45 bits per heavy atom. The van der Waals surface area contributed by atoms with Crippen LogP contribution < -0.4 is 5.32 Å². The number of furan rings is 1. The van der Waals surface area contributed by atoms with Crippen LogP contribution in [0.3, 0.4) is 0 Å². The largest absolute Gasteiger partial charge is 0.467 e. The third-order valence-electron chi connectivity index (χ3n) is 3.90. The van der Waals surface area contributed by atoms with Crippen molar-refractivity contribution in [1.29, 1.82) is 0 Å². The average Bonchev–Trinajstić information content (AvgIpc) is 3.12. The zero-order chi connectivity index (χ0) is 15.5. The molecule has 0 aliphatic carbocycles. The molecule has 0 fully saturated rings. The van der Waals surface area contributed by atoms with Gasteiger partial charge >= 0.3 is 0 Å². The molecule has 0 unspecified atom stereocenters. The number of likely N-dealkylation sites (N-methyl/N-ethyl adjacent to an activating group) is 1. The van der Waals surface area contributed by atoms with Gasteiger partial charge in [-0.3, -0.25) is 4.79 Å². The first-order chi connectivity index (χ1) is 10.6. The SMILES string of the molecule is Cc1nc2n(n1)C[C@H](NCC(=O)N(C)Cc1ccco1)CC2. The molecule has 0 saturated carbocycles. The summed E-state index contributed by atoms with van der Waals surface area (Å²) in [5.41, 5.74) is 0. The molecule has 0 bridgehead atoms. The predicted octanol–water partition coefficient (Wildman–Crippen LogP) is 0.743. The van der Waals surface area contributed by atoms with Gasteiger partial charge in [0.15, 0.2) is 0 Å². The molecule has 2 aromatic rings. The molecule has 0 aromatic carbocycles. The first kappa shape index (κ1) is 14.8. The van der Waals surface area contributed by atoms with Gasteiger partial charge in [-0.25, -0.2) is 9.67 Å². The van der Waals surface area contributed by atoms with E-state index in [4.69, 9.17) is 4.42 Å². The van der Waals surface area contributed by atoms with Gasteiger partial charge in [0.2, 0.25) is 5.91 Å². The van der Waals surface area contributed by atoms with E-state index in [9.17, 15) is 4.79 Å². The summed E-state index contributed by atoms with van der Waals surface area (Å²) < 4.78 is 7.20.